The molecule has 0 aliphatic rings. The zero-order valence-electron chi connectivity index (χ0n) is 12.4. The first-order valence-corrected chi connectivity index (χ1v) is 6.80. The topological polar surface area (TPSA) is 32.3 Å². The average Bonchev–Trinajstić information content (AvgIpc) is 2.29. The molecular weight excluding hydrogens is 222 g/mol. The molecule has 0 fully saturated rings. The summed E-state index contributed by atoms with van der Waals surface area (Å²) in [5.41, 5.74) is 2.63. The fraction of sp³-hybridized carbons (Fsp3) is 0.625. The van der Waals surface area contributed by atoms with E-state index in [1.807, 2.05) is 0 Å². The van der Waals surface area contributed by atoms with Crippen molar-refractivity contribution in [2.45, 2.75) is 52.0 Å². The summed E-state index contributed by atoms with van der Waals surface area (Å²) < 4.78 is 0. The molecule has 0 saturated carbocycles. The normalized spacial score (nSPS) is 15.4. The Labute approximate surface area is 111 Å². The highest BCUT2D eigenvalue weighted by Gasteiger charge is 2.25. The van der Waals surface area contributed by atoms with Gasteiger partial charge in [0.05, 0.1) is 0 Å². The molecule has 2 nitrogen and oxygen atoms in total. The van der Waals surface area contributed by atoms with Crippen LogP contribution < -0.4 is 5.32 Å². The third-order valence-corrected chi connectivity index (χ3v) is 3.57. The molecule has 0 radical (unpaired) electrons. The van der Waals surface area contributed by atoms with Gasteiger partial charge in [0.2, 0.25) is 0 Å². The van der Waals surface area contributed by atoms with Gasteiger partial charge in [-0.2, -0.15) is 0 Å². The molecule has 0 spiro atoms. The summed E-state index contributed by atoms with van der Waals surface area (Å²) in [6.45, 7) is 12.0. The van der Waals surface area contributed by atoms with Crippen molar-refractivity contribution >= 4 is 0 Å². The molecule has 1 aromatic rings. The second-order valence-electron chi connectivity index (χ2n) is 6.16. The SMILES string of the molecule is CCNC(C)(CCO)c1ccc(C(C)(C)C)cc1. The van der Waals surface area contributed by atoms with Gasteiger partial charge in [-0.3, -0.25) is 0 Å². The molecule has 0 heterocycles. The molecule has 1 aromatic carbocycles. The molecule has 0 amide bonds. The number of aliphatic hydroxyl groups excluding tert-OH is 1. The first-order chi connectivity index (χ1) is 8.33. The Balaban J connectivity index is 3.01. The van der Waals surface area contributed by atoms with E-state index >= 15 is 0 Å². The molecule has 102 valence electrons. The van der Waals surface area contributed by atoms with Crippen LogP contribution in [0.15, 0.2) is 24.3 Å². The van der Waals surface area contributed by atoms with Gasteiger partial charge in [0.1, 0.15) is 0 Å². The van der Waals surface area contributed by atoms with E-state index in [2.05, 4.69) is 64.2 Å². The first kappa shape index (κ1) is 15.2. The molecule has 1 unspecified atom stereocenters. The van der Waals surface area contributed by atoms with Gasteiger partial charge < -0.3 is 10.4 Å². The minimum absolute atomic E-state index is 0.139. The fourth-order valence-corrected chi connectivity index (χ4v) is 2.29. The molecule has 18 heavy (non-hydrogen) atoms. The smallest absolute Gasteiger partial charge is 0.0451 e. The molecule has 0 saturated heterocycles. The maximum Gasteiger partial charge on any atom is 0.0451 e. The monoisotopic (exact) mass is 249 g/mol. The Bertz CT molecular complexity index is 356. The Hall–Kier alpha value is -0.860. The van der Waals surface area contributed by atoms with Gasteiger partial charge in [0.15, 0.2) is 0 Å². The van der Waals surface area contributed by atoms with E-state index in [1.54, 1.807) is 0 Å². The van der Waals surface area contributed by atoms with Crippen LogP contribution in [-0.2, 0) is 11.0 Å². The van der Waals surface area contributed by atoms with E-state index in [0.717, 1.165) is 13.0 Å². The van der Waals surface area contributed by atoms with Gasteiger partial charge in [-0.1, -0.05) is 52.0 Å². The summed E-state index contributed by atoms with van der Waals surface area (Å²) in [5, 5.41) is 12.7. The van der Waals surface area contributed by atoms with E-state index in [-0.39, 0.29) is 17.6 Å². The highest BCUT2D eigenvalue weighted by Crippen LogP contribution is 2.28. The summed E-state index contributed by atoms with van der Waals surface area (Å²) in [7, 11) is 0. The maximum absolute atomic E-state index is 9.23. The third kappa shape index (κ3) is 3.56. The Kier molecular flexibility index (Phi) is 4.94. The lowest BCUT2D eigenvalue weighted by Gasteiger charge is -2.31. The zero-order chi connectivity index (χ0) is 13.8. The van der Waals surface area contributed by atoms with E-state index in [1.165, 1.54) is 11.1 Å². The Morgan fingerprint density at radius 1 is 1.00 bits per heavy atom. The summed E-state index contributed by atoms with van der Waals surface area (Å²) in [6, 6.07) is 8.75. The first-order valence-electron chi connectivity index (χ1n) is 6.80. The summed E-state index contributed by atoms with van der Waals surface area (Å²) >= 11 is 0. The number of hydrogen-bond donors (Lipinski definition) is 2. The summed E-state index contributed by atoms with van der Waals surface area (Å²) in [5.74, 6) is 0. The fourth-order valence-electron chi connectivity index (χ4n) is 2.29. The van der Waals surface area contributed by atoms with Crippen LogP contribution in [0.5, 0.6) is 0 Å². The number of nitrogens with one attached hydrogen (secondary N) is 1. The summed E-state index contributed by atoms with van der Waals surface area (Å²) in [4.78, 5) is 0. The van der Waals surface area contributed by atoms with Crippen LogP contribution >= 0.6 is 0 Å². The van der Waals surface area contributed by atoms with Crippen LogP contribution in [0.25, 0.3) is 0 Å². The highest BCUT2D eigenvalue weighted by atomic mass is 16.3. The predicted molar refractivity (Wildman–Crippen MR) is 77.9 cm³/mol. The van der Waals surface area contributed by atoms with Crippen LogP contribution in [-0.4, -0.2) is 18.3 Å². The lowest BCUT2D eigenvalue weighted by Crippen LogP contribution is -2.40. The predicted octanol–water partition coefficient (Wildman–Crippen LogP) is 3.19. The van der Waals surface area contributed by atoms with E-state index in [4.69, 9.17) is 0 Å². The quantitative estimate of drug-likeness (QED) is 0.840. The molecule has 0 aromatic heterocycles. The lowest BCUT2D eigenvalue weighted by atomic mass is 9.83. The maximum atomic E-state index is 9.23. The third-order valence-electron chi connectivity index (χ3n) is 3.57. The van der Waals surface area contributed by atoms with E-state index < -0.39 is 0 Å². The van der Waals surface area contributed by atoms with Crippen LogP contribution in [0.3, 0.4) is 0 Å². The van der Waals surface area contributed by atoms with Gasteiger partial charge in [0, 0.05) is 12.1 Å². The van der Waals surface area contributed by atoms with Crippen molar-refractivity contribution in [2.24, 2.45) is 0 Å². The Morgan fingerprint density at radius 3 is 1.89 bits per heavy atom. The highest BCUT2D eigenvalue weighted by molar-refractivity contribution is 5.31. The standard InChI is InChI=1S/C16H27NO/c1-6-17-16(5,11-12-18)14-9-7-13(8-10-14)15(2,3)4/h7-10,17-18H,6,11-12H2,1-5H3. The molecule has 1 rings (SSSR count). The average molecular weight is 249 g/mol. The van der Waals surface area contributed by atoms with Gasteiger partial charge in [-0.05, 0) is 36.4 Å². The van der Waals surface area contributed by atoms with E-state index in [9.17, 15) is 5.11 Å². The van der Waals surface area contributed by atoms with Crippen molar-refractivity contribution < 1.29 is 5.11 Å². The van der Waals surface area contributed by atoms with Crippen molar-refractivity contribution in [3.8, 4) is 0 Å². The van der Waals surface area contributed by atoms with Crippen LogP contribution in [0.2, 0.25) is 0 Å². The number of benzene rings is 1. The van der Waals surface area contributed by atoms with E-state index in [0.29, 0.717) is 0 Å². The van der Waals surface area contributed by atoms with Gasteiger partial charge in [0.25, 0.3) is 0 Å². The molecule has 0 aliphatic heterocycles. The Morgan fingerprint density at radius 2 is 1.50 bits per heavy atom. The minimum Gasteiger partial charge on any atom is -0.396 e. The number of aliphatic hydroxyl groups is 1. The number of rotatable bonds is 5. The molecule has 0 aliphatic carbocycles. The second-order valence-corrected chi connectivity index (χ2v) is 6.16. The van der Waals surface area contributed by atoms with Gasteiger partial charge in [-0.25, -0.2) is 0 Å². The molecule has 2 heteroatoms. The molecule has 1 atom stereocenters. The molecular formula is C16H27NO. The molecule has 2 N–H and O–H groups in total. The van der Waals surface area contributed by atoms with Gasteiger partial charge >= 0.3 is 0 Å². The van der Waals surface area contributed by atoms with Crippen molar-refractivity contribution in [1.82, 2.24) is 5.32 Å². The number of hydrogen-bond acceptors (Lipinski definition) is 2. The van der Waals surface area contributed by atoms with Crippen molar-refractivity contribution in [3.05, 3.63) is 35.4 Å². The van der Waals surface area contributed by atoms with Crippen molar-refractivity contribution in [3.63, 3.8) is 0 Å². The van der Waals surface area contributed by atoms with Crippen LogP contribution in [0.4, 0.5) is 0 Å². The lowest BCUT2D eigenvalue weighted by molar-refractivity contribution is 0.223. The van der Waals surface area contributed by atoms with Crippen molar-refractivity contribution in [1.29, 1.82) is 0 Å². The van der Waals surface area contributed by atoms with Crippen molar-refractivity contribution in [2.75, 3.05) is 13.2 Å². The van der Waals surface area contributed by atoms with Crippen LogP contribution in [0.1, 0.15) is 52.2 Å². The largest absolute Gasteiger partial charge is 0.396 e. The second kappa shape index (κ2) is 5.85. The minimum atomic E-state index is -0.139. The van der Waals surface area contributed by atoms with Gasteiger partial charge in [-0.15, -0.1) is 0 Å². The zero-order valence-corrected chi connectivity index (χ0v) is 12.4. The summed E-state index contributed by atoms with van der Waals surface area (Å²) in [6.07, 6.45) is 0.732. The molecule has 0 bridgehead atoms. The van der Waals surface area contributed by atoms with Crippen LogP contribution in [0, 0.1) is 0 Å².